The first-order valence-corrected chi connectivity index (χ1v) is 11.7. The standard InChI is InChI=1S/C27H32N2O5/c1-31-16-17-32-20-29-25(14-15-28-29)24-13-12-23(33-19-21-8-4-2-5-9-21)18-26(24)34-27(30)22-10-6-3-7-11-22/h2-11,14-15,23-24,26H,12-13,16-20H2,1H3. The number of aromatic nitrogens is 2. The van der Waals surface area contributed by atoms with Crippen LogP contribution in [0.2, 0.25) is 0 Å². The van der Waals surface area contributed by atoms with Gasteiger partial charge in [0.25, 0.3) is 0 Å². The summed E-state index contributed by atoms with van der Waals surface area (Å²) in [5, 5.41) is 4.43. The second kappa shape index (κ2) is 12.5. The minimum atomic E-state index is -0.323. The molecule has 2 aromatic carbocycles. The molecule has 0 radical (unpaired) electrons. The van der Waals surface area contributed by atoms with E-state index in [-0.39, 0.29) is 24.1 Å². The molecular weight excluding hydrogens is 432 g/mol. The number of rotatable bonds is 11. The van der Waals surface area contributed by atoms with Gasteiger partial charge >= 0.3 is 5.97 Å². The fourth-order valence-electron chi connectivity index (χ4n) is 4.34. The summed E-state index contributed by atoms with van der Waals surface area (Å²) in [6, 6.07) is 21.2. The average molecular weight is 465 g/mol. The van der Waals surface area contributed by atoms with Crippen LogP contribution < -0.4 is 0 Å². The number of carbonyl (C=O) groups excluding carboxylic acids is 1. The van der Waals surface area contributed by atoms with E-state index in [9.17, 15) is 4.79 Å². The predicted octanol–water partition coefficient (Wildman–Crippen LogP) is 4.58. The summed E-state index contributed by atoms with van der Waals surface area (Å²) < 4.78 is 24.9. The van der Waals surface area contributed by atoms with E-state index in [1.165, 1.54) is 0 Å². The molecule has 0 N–H and O–H groups in total. The molecule has 0 spiro atoms. The van der Waals surface area contributed by atoms with Gasteiger partial charge in [0.05, 0.1) is 31.5 Å². The highest BCUT2D eigenvalue weighted by Gasteiger charge is 2.36. The second-order valence-corrected chi connectivity index (χ2v) is 8.43. The van der Waals surface area contributed by atoms with E-state index in [4.69, 9.17) is 18.9 Å². The summed E-state index contributed by atoms with van der Waals surface area (Å²) in [7, 11) is 1.65. The Morgan fingerprint density at radius 3 is 2.53 bits per heavy atom. The van der Waals surface area contributed by atoms with E-state index in [2.05, 4.69) is 17.2 Å². The molecule has 1 aliphatic rings. The molecule has 34 heavy (non-hydrogen) atoms. The van der Waals surface area contributed by atoms with Crippen molar-refractivity contribution in [2.75, 3.05) is 20.3 Å². The smallest absolute Gasteiger partial charge is 0.338 e. The van der Waals surface area contributed by atoms with Gasteiger partial charge < -0.3 is 18.9 Å². The molecule has 3 atom stereocenters. The van der Waals surface area contributed by atoms with Gasteiger partial charge in [-0.2, -0.15) is 5.10 Å². The number of benzene rings is 2. The van der Waals surface area contributed by atoms with Crippen LogP contribution in [0.5, 0.6) is 0 Å². The molecule has 1 fully saturated rings. The molecule has 7 nitrogen and oxygen atoms in total. The van der Waals surface area contributed by atoms with Crippen LogP contribution in [0.4, 0.5) is 0 Å². The number of carbonyl (C=O) groups is 1. The molecule has 0 amide bonds. The Balaban J connectivity index is 1.46. The molecule has 1 aromatic heterocycles. The molecule has 0 bridgehead atoms. The largest absolute Gasteiger partial charge is 0.458 e. The first-order valence-electron chi connectivity index (χ1n) is 11.7. The van der Waals surface area contributed by atoms with E-state index in [1.807, 2.05) is 47.1 Å². The molecule has 4 rings (SSSR count). The molecule has 1 saturated carbocycles. The second-order valence-electron chi connectivity index (χ2n) is 8.43. The van der Waals surface area contributed by atoms with E-state index in [1.54, 1.807) is 25.4 Å². The Labute approximate surface area is 200 Å². The summed E-state index contributed by atoms with van der Waals surface area (Å²) in [6.07, 6.45) is 3.80. The fraction of sp³-hybridized carbons (Fsp3) is 0.407. The molecule has 1 aliphatic carbocycles. The van der Waals surface area contributed by atoms with Crippen molar-refractivity contribution in [3.63, 3.8) is 0 Å². The Hall–Kier alpha value is -3.00. The predicted molar refractivity (Wildman–Crippen MR) is 127 cm³/mol. The fourth-order valence-corrected chi connectivity index (χ4v) is 4.34. The van der Waals surface area contributed by atoms with Crippen LogP contribution in [0, 0.1) is 0 Å². The summed E-state index contributed by atoms with van der Waals surface area (Å²) in [4.78, 5) is 12.9. The van der Waals surface area contributed by atoms with Gasteiger partial charge in [0.15, 0.2) is 0 Å². The highest BCUT2D eigenvalue weighted by atomic mass is 16.5. The average Bonchev–Trinajstić information content (AvgIpc) is 3.35. The lowest BCUT2D eigenvalue weighted by Crippen LogP contribution is -2.37. The van der Waals surface area contributed by atoms with Crippen molar-refractivity contribution in [3.05, 3.63) is 89.7 Å². The van der Waals surface area contributed by atoms with Gasteiger partial charge in [0, 0.05) is 31.3 Å². The molecular formula is C27H32N2O5. The summed E-state index contributed by atoms with van der Waals surface area (Å²) >= 11 is 0. The molecule has 3 aromatic rings. The maximum atomic E-state index is 12.9. The SMILES string of the molecule is COCCOCn1nccc1C1CCC(OCc2ccccc2)CC1OC(=O)c1ccccc1. The number of methoxy groups -OCH3 is 1. The molecule has 180 valence electrons. The van der Waals surface area contributed by atoms with Crippen molar-refractivity contribution in [2.24, 2.45) is 0 Å². The lowest BCUT2D eigenvalue weighted by molar-refractivity contribution is -0.0463. The van der Waals surface area contributed by atoms with Crippen LogP contribution in [0.3, 0.4) is 0 Å². The molecule has 7 heteroatoms. The van der Waals surface area contributed by atoms with E-state index in [0.717, 1.165) is 24.1 Å². The van der Waals surface area contributed by atoms with Crippen molar-refractivity contribution in [2.45, 2.75) is 50.7 Å². The summed E-state index contributed by atoms with van der Waals surface area (Å²) in [5.74, 6) is -0.306. The highest BCUT2D eigenvalue weighted by molar-refractivity contribution is 5.89. The van der Waals surface area contributed by atoms with Gasteiger partial charge in [-0.25, -0.2) is 9.48 Å². The van der Waals surface area contributed by atoms with Crippen molar-refractivity contribution < 1.29 is 23.7 Å². The normalized spacial score (nSPS) is 20.2. The third-order valence-electron chi connectivity index (χ3n) is 6.11. The molecule has 0 aliphatic heterocycles. The van der Waals surface area contributed by atoms with Crippen molar-refractivity contribution in [3.8, 4) is 0 Å². The van der Waals surface area contributed by atoms with Crippen LogP contribution in [-0.4, -0.2) is 48.3 Å². The zero-order chi connectivity index (χ0) is 23.6. The van der Waals surface area contributed by atoms with Gasteiger partial charge in [-0.05, 0) is 36.6 Å². The minimum Gasteiger partial charge on any atom is -0.458 e. The van der Waals surface area contributed by atoms with Crippen LogP contribution in [0.1, 0.15) is 46.8 Å². The Morgan fingerprint density at radius 1 is 1.00 bits per heavy atom. The van der Waals surface area contributed by atoms with E-state index in [0.29, 0.717) is 38.5 Å². The van der Waals surface area contributed by atoms with Gasteiger partial charge in [-0.1, -0.05) is 48.5 Å². The molecule has 1 heterocycles. The number of esters is 1. The minimum absolute atomic E-state index is 0.0118. The van der Waals surface area contributed by atoms with Crippen molar-refractivity contribution in [1.29, 1.82) is 0 Å². The Bertz CT molecular complexity index is 1010. The number of nitrogens with zero attached hydrogens (tertiary/aromatic N) is 2. The third-order valence-corrected chi connectivity index (χ3v) is 6.11. The number of hydrogen-bond acceptors (Lipinski definition) is 6. The van der Waals surface area contributed by atoms with Crippen LogP contribution in [0.25, 0.3) is 0 Å². The van der Waals surface area contributed by atoms with Gasteiger partial charge in [-0.15, -0.1) is 0 Å². The lowest BCUT2D eigenvalue weighted by Gasteiger charge is -2.36. The van der Waals surface area contributed by atoms with Crippen molar-refractivity contribution in [1.82, 2.24) is 9.78 Å². The van der Waals surface area contributed by atoms with Crippen LogP contribution in [0.15, 0.2) is 72.9 Å². The van der Waals surface area contributed by atoms with Gasteiger partial charge in [0.1, 0.15) is 12.8 Å². The Kier molecular flexibility index (Phi) is 8.84. The maximum absolute atomic E-state index is 12.9. The van der Waals surface area contributed by atoms with Crippen LogP contribution in [-0.2, 0) is 32.3 Å². The van der Waals surface area contributed by atoms with Gasteiger partial charge in [-0.3, -0.25) is 0 Å². The topological polar surface area (TPSA) is 71.8 Å². The number of ether oxygens (including phenoxy) is 4. The van der Waals surface area contributed by atoms with Crippen LogP contribution >= 0.6 is 0 Å². The maximum Gasteiger partial charge on any atom is 0.338 e. The highest BCUT2D eigenvalue weighted by Crippen LogP contribution is 2.37. The quantitative estimate of drug-likeness (QED) is 0.306. The van der Waals surface area contributed by atoms with E-state index < -0.39 is 0 Å². The monoisotopic (exact) mass is 464 g/mol. The van der Waals surface area contributed by atoms with Gasteiger partial charge in [0.2, 0.25) is 0 Å². The summed E-state index contributed by atoms with van der Waals surface area (Å²) in [6.45, 7) is 1.89. The first-order chi connectivity index (χ1) is 16.7. The molecule has 0 saturated heterocycles. The van der Waals surface area contributed by atoms with E-state index >= 15 is 0 Å². The Morgan fingerprint density at radius 2 is 1.76 bits per heavy atom. The first kappa shape index (κ1) is 24.1. The van der Waals surface area contributed by atoms with Crippen molar-refractivity contribution >= 4 is 5.97 Å². The lowest BCUT2D eigenvalue weighted by atomic mass is 9.82. The third kappa shape index (κ3) is 6.53. The molecule has 3 unspecified atom stereocenters. The zero-order valence-corrected chi connectivity index (χ0v) is 19.5. The number of hydrogen-bond donors (Lipinski definition) is 0. The zero-order valence-electron chi connectivity index (χ0n) is 19.5. The summed E-state index contributed by atoms with van der Waals surface area (Å²) in [5.41, 5.74) is 2.68.